The second-order valence-corrected chi connectivity index (χ2v) is 6.48. The van der Waals surface area contributed by atoms with Crippen LogP contribution in [0.1, 0.15) is 6.42 Å². The van der Waals surface area contributed by atoms with Crippen LogP contribution in [0.3, 0.4) is 0 Å². The molecule has 3 rings (SSSR count). The molecule has 3 amide bonds. The molecule has 1 aliphatic rings. The van der Waals surface area contributed by atoms with Crippen LogP contribution in [-0.2, 0) is 4.79 Å². The molecule has 0 spiro atoms. The van der Waals surface area contributed by atoms with E-state index >= 15 is 0 Å². The molecule has 0 bridgehead atoms. The van der Waals surface area contributed by atoms with Gasteiger partial charge in [-0.25, -0.2) is 4.79 Å². The lowest BCUT2D eigenvalue weighted by molar-refractivity contribution is -0.117. The Bertz CT molecular complexity index is 841. The molecule has 0 aromatic heterocycles. The Morgan fingerprint density at radius 3 is 2.56 bits per heavy atom. The highest BCUT2D eigenvalue weighted by atomic mass is 35.5. The monoisotopic (exact) mass is 389 g/mol. The first-order chi connectivity index (χ1) is 13.0. The Kier molecular flexibility index (Phi) is 5.71. The minimum absolute atomic E-state index is 0.0541. The van der Waals surface area contributed by atoms with E-state index in [2.05, 4.69) is 10.6 Å². The van der Waals surface area contributed by atoms with Crippen molar-refractivity contribution < 1.29 is 19.1 Å². The van der Waals surface area contributed by atoms with E-state index in [0.29, 0.717) is 28.8 Å². The van der Waals surface area contributed by atoms with Crippen molar-refractivity contribution in [3.8, 4) is 11.5 Å². The molecule has 27 heavy (non-hydrogen) atoms. The first kappa shape index (κ1) is 18.8. The number of ether oxygens (including phenoxy) is 2. The second kappa shape index (κ2) is 8.18. The molecular formula is C19H20ClN3O4. The highest BCUT2D eigenvalue weighted by Crippen LogP contribution is 2.29. The topological polar surface area (TPSA) is 79.9 Å². The number of carbonyl (C=O) groups is 2. The van der Waals surface area contributed by atoms with Gasteiger partial charge in [0.15, 0.2) is 0 Å². The normalized spacial score (nSPS) is 16.2. The predicted molar refractivity (Wildman–Crippen MR) is 104 cm³/mol. The number of benzene rings is 2. The zero-order valence-corrected chi connectivity index (χ0v) is 15.7. The molecule has 8 heteroatoms. The molecule has 0 saturated carbocycles. The van der Waals surface area contributed by atoms with Gasteiger partial charge in [-0.2, -0.15) is 0 Å². The number of rotatable bonds is 5. The standard InChI is InChI=1S/C19H20ClN3O4/c1-26-15-7-8-17(27-2)16(10-15)22-19(25)21-13-9-18(24)23(11-13)14-5-3-12(20)4-6-14/h3-8,10,13H,9,11H2,1-2H3,(H2,21,22,25). The molecule has 1 atom stereocenters. The maximum atomic E-state index is 12.4. The lowest BCUT2D eigenvalue weighted by atomic mass is 10.2. The van der Waals surface area contributed by atoms with Crippen LogP contribution in [0.4, 0.5) is 16.2 Å². The van der Waals surface area contributed by atoms with E-state index in [4.69, 9.17) is 21.1 Å². The number of urea groups is 1. The van der Waals surface area contributed by atoms with Crippen molar-refractivity contribution in [2.75, 3.05) is 31.0 Å². The number of hydrogen-bond acceptors (Lipinski definition) is 4. The van der Waals surface area contributed by atoms with E-state index < -0.39 is 6.03 Å². The van der Waals surface area contributed by atoms with Crippen molar-refractivity contribution in [1.29, 1.82) is 0 Å². The van der Waals surface area contributed by atoms with Gasteiger partial charge in [-0.3, -0.25) is 4.79 Å². The molecule has 7 nitrogen and oxygen atoms in total. The van der Waals surface area contributed by atoms with Gasteiger partial charge in [0, 0.05) is 29.7 Å². The fraction of sp³-hybridized carbons (Fsp3) is 0.263. The number of carbonyl (C=O) groups excluding carboxylic acids is 2. The lowest BCUT2D eigenvalue weighted by Crippen LogP contribution is -2.39. The highest BCUT2D eigenvalue weighted by molar-refractivity contribution is 6.30. The van der Waals surface area contributed by atoms with E-state index in [1.165, 1.54) is 7.11 Å². The van der Waals surface area contributed by atoms with Gasteiger partial charge in [-0.1, -0.05) is 11.6 Å². The maximum Gasteiger partial charge on any atom is 0.319 e. The molecule has 0 aliphatic carbocycles. The summed E-state index contributed by atoms with van der Waals surface area (Å²) in [6.07, 6.45) is 0.227. The van der Waals surface area contributed by atoms with Crippen molar-refractivity contribution in [2.24, 2.45) is 0 Å². The number of amides is 3. The predicted octanol–water partition coefficient (Wildman–Crippen LogP) is 3.28. The van der Waals surface area contributed by atoms with Crippen molar-refractivity contribution in [2.45, 2.75) is 12.5 Å². The summed E-state index contributed by atoms with van der Waals surface area (Å²) in [5.74, 6) is 1.05. The Hall–Kier alpha value is -2.93. The zero-order chi connectivity index (χ0) is 19.4. The van der Waals surface area contributed by atoms with Crippen molar-refractivity contribution >= 4 is 34.9 Å². The van der Waals surface area contributed by atoms with Gasteiger partial charge < -0.3 is 25.0 Å². The third-order valence-corrected chi connectivity index (χ3v) is 4.51. The quantitative estimate of drug-likeness (QED) is 0.822. The van der Waals surface area contributed by atoms with Crippen molar-refractivity contribution in [1.82, 2.24) is 5.32 Å². The summed E-state index contributed by atoms with van der Waals surface area (Å²) in [5.41, 5.74) is 1.23. The summed E-state index contributed by atoms with van der Waals surface area (Å²) in [5, 5.41) is 6.16. The first-order valence-electron chi connectivity index (χ1n) is 8.35. The van der Waals surface area contributed by atoms with Gasteiger partial charge in [0.1, 0.15) is 11.5 Å². The molecule has 1 heterocycles. The summed E-state index contributed by atoms with van der Waals surface area (Å²) in [6, 6.07) is 11.4. The molecule has 0 radical (unpaired) electrons. The van der Waals surface area contributed by atoms with Crippen LogP contribution in [-0.4, -0.2) is 38.7 Å². The molecule has 1 saturated heterocycles. The van der Waals surface area contributed by atoms with E-state index in [1.807, 2.05) is 0 Å². The minimum atomic E-state index is -0.419. The SMILES string of the molecule is COc1ccc(OC)c(NC(=O)NC2CC(=O)N(c3ccc(Cl)cc3)C2)c1. The average Bonchev–Trinajstić information content (AvgIpc) is 3.02. The minimum Gasteiger partial charge on any atom is -0.497 e. The van der Waals surface area contributed by atoms with Crippen molar-refractivity contribution in [3.05, 3.63) is 47.5 Å². The largest absolute Gasteiger partial charge is 0.497 e. The number of nitrogens with one attached hydrogen (secondary N) is 2. The number of hydrogen-bond donors (Lipinski definition) is 2. The van der Waals surface area contributed by atoms with Gasteiger partial charge in [-0.15, -0.1) is 0 Å². The van der Waals surface area contributed by atoms with Crippen LogP contribution >= 0.6 is 11.6 Å². The molecule has 2 N–H and O–H groups in total. The molecule has 2 aromatic rings. The van der Waals surface area contributed by atoms with Crippen LogP contribution in [0, 0.1) is 0 Å². The fourth-order valence-corrected chi connectivity index (χ4v) is 3.06. The third-order valence-electron chi connectivity index (χ3n) is 4.25. The maximum absolute atomic E-state index is 12.4. The van der Waals surface area contributed by atoms with Gasteiger partial charge in [0.25, 0.3) is 0 Å². The number of nitrogens with zero attached hydrogens (tertiary/aromatic N) is 1. The Morgan fingerprint density at radius 2 is 1.89 bits per heavy atom. The van der Waals surface area contributed by atoms with Gasteiger partial charge >= 0.3 is 6.03 Å². The summed E-state index contributed by atoms with van der Waals surface area (Å²) < 4.78 is 10.4. The zero-order valence-electron chi connectivity index (χ0n) is 15.0. The summed E-state index contributed by atoms with van der Waals surface area (Å²) in [6.45, 7) is 0.392. The number of methoxy groups -OCH3 is 2. The van der Waals surface area contributed by atoms with Gasteiger partial charge in [0.05, 0.1) is 25.9 Å². The second-order valence-electron chi connectivity index (χ2n) is 6.05. The average molecular weight is 390 g/mol. The van der Waals surface area contributed by atoms with Crippen LogP contribution in [0.15, 0.2) is 42.5 Å². The van der Waals surface area contributed by atoms with E-state index in [-0.39, 0.29) is 18.4 Å². The van der Waals surface area contributed by atoms with Crippen LogP contribution in [0.5, 0.6) is 11.5 Å². The first-order valence-corrected chi connectivity index (χ1v) is 8.73. The number of halogens is 1. The molecule has 2 aromatic carbocycles. The van der Waals surface area contributed by atoms with E-state index in [1.54, 1.807) is 54.5 Å². The molecular weight excluding hydrogens is 370 g/mol. The van der Waals surface area contributed by atoms with Crippen LogP contribution in [0.2, 0.25) is 5.02 Å². The third kappa shape index (κ3) is 4.43. The Morgan fingerprint density at radius 1 is 1.15 bits per heavy atom. The summed E-state index contributed by atoms with van der Waals surface area (Å²) in [4.78, 5) is 26.3. The fourth-order valence-electron chi connectivity index (χ4n) is 2.93. The molecule has 1 fully saturated rings. The lowest BCUT2D eigenvalue weighted by Gasteiger charge is -2.18. The Labute approximate surface area is 162 Å². The molecule has 1 unspecified atom stereocenters. The van der Waals surface area contributed by atoms with Gasteiger partial charge in [0.2, 0.25) is 5.91 Å². The van der Waals surface area contributed by atoms with Crippen LogP contribution < -0.4 is 25.0 Å². The Balaban J connectivity index is 1.63. The summed E-state index contributed by atoms with van der Waals surface area (Å²) >= 11 is 5.89. The van der Waals surface area contributed by atoms with Crippen molar-refractivity contribution in [3.63, 3.8) is 0 Å². The van der Waals surface area contributed by atoms with E-state index in [9.17, 15) is 9.59 Å². The smallest absolute Gasteiger partial charge is 0.319 e. The highest BCUT2D eigenvalue weighted by Gasteiger charge is 2.31. The van der Waals surface area contributed by atoms with Gasteiger partial charge in [-0.05, 0) is 36.4 Å². The van der Waals surface area contributed by atoms with E-state index in [0.717, 1.165) is 5.69 Å². The number of anilines is 2. The molecule has 142 valence electrons. The summed E-state index contributed by atoms with van der Waals surface area (Å²) in [7, 11) is 3.06. The van der Waals surface area contributed by atoms with Crippen LogP contribution in [0.25, 0.3) is 0 Å². The molecule has 1 aliphatic heterocycles.